The van der Waals surface area contributed by atoms with Gasteiger partial charge in [0.05, 0.1) is 0 Å². The van der Waals surface area contributed by atoms with E-state index in [2.05, 4.69) is 24.4 Å². The maximum atomic E-state index is 6.23. The van der Waals surface area contributed by atoms with Crippen LogP contribution in [0.2, 0.25) is 5.02 Å². The van der Waals surface area contributed by atoms with Crippen molar-refractivity contribution in [2.45, 2.75) is 70.4 Å². The van der Waals surface area contributed by atoms with E-state index < -0.39 is 0 Å². The van der Waals surface area contributed by atoms with Gasteiger partial charge in [0.15, 0.2) is 0 Å². The van der Waals surface area contributed by atoms with E-state index in [1.54, 1.807) is 0 Å². The van der Waals surface area contributed by atoms with Gasteiger partial charge in [-0.3, -0.25) is 0 Å². The van der Waals surface area contributed by atoms with Gasteiger partial charge in [-0.1, -0.05) is 61.9 Å². The highest BCUT2D eigenvalue weighted by molar-refractivity contribution is 6.31. The second kappa shape index (κ2) is 7.91. The molecule has 1 N–H and O–H groups in total. The molecule has 0 radical (unpaired) electrons. The summed E-state index contributed by atoms with van der Waals surface area (Å²) in [5.74, 6) is 0. The molecule has 1 aromatic carbocycles. The van der Waals surface area contributed by atoms with Crippen LogP contribution < -0.4 is 5.32 Å². The molecular weight excluding hydrogens is 254 g/mol. The molecule has 2 rings (SSSR count). The van der Waals surface area contributed by atoms with E-state index in [-0.39, 0.29) is 0 Å². The van der Waals surface area contributed by atoms with Crippen molar-refractivity contribution in [1.82, 2.24) is 5.32 Å². The summed E-state index contributed by atoms with van der Waals surface area (Å²) in [7, 11) is 0. The molecule has 19 heavy (non-hydrogen) atoms. The van der Waals surface area contributed by atoms with Crippen LogP contribution in [-0.4, -0.2) is 12.1 Å². The van der Waals surface area contributed by atoms with Gasteiger partial charge in [-0.2, -0.15) is 0 Å². The quantitative estimate of drug-likeness (QED) is 0.820. The van der Waals surface area contributed by atoms with E-state index in [0.29, 0.717) is 12.1 Å². The number of nitrogens with one attached hydrogen (secondary N) is 1. The SMILES string of the molecule is CC(Cc1ccccc1Cl)NC1CCCCCCC1. The average molecular weight is 280 g/mol. The lowest BCUT2D eigenvalue weighted by Gasteiger charge is -2.25. The zero-order chi connectivity index (χ0) is 13.5. The minimum absolute atomic E-state index is 0.504. The Morgan fingerprint density at radius 2 is 1.74 bits per heavy atom. The van der Waals surface area contributed by atoms with Gasteiger partial charge < -0.3 is 5.32 Å². The standard InChI is InChI=1S/C17H26ClN/c1-14(13-15-9-7-8-12-17(15)18)19-16-10-5-3-2-4-6-11-16/h7-9,12,14,16,19H,2-6,10-11,13H2,1H3. The summed E-state index contributed by atoms with van der Waals surface area (Å²) in [6.45, 7) is 2.28. The molecule has 2 heteroatoms. The molecule has 1 fully saturated rings. The second-order valence-electron chi connectivity index (χ2n) is 5.91. The van der Waals surface area contributed by atoms with Crippen LogP contribution >= 0.6 is 11.6 Å². The maximum absolute atomic E-state index is 6.23. The van der Waals surface area contributed by atoms with Crippen LogP contribution in [-0.2, 0) is 6.42 Å². The van der Waals surface area contributed by atoms with Gasteiger partial charge in [-0.15, -0.1) is 0 Å². The number of hydrogen-bond donors (Lipinski definition) is 1. The summed E-state index contributed by atoms with van der Waals surface area (Å²) in [5.41, 5.74) is 1.26. The molecule has 0 bridgehead atoms. The molecule has 0 heterocycles. The van der Waals surface area contributed by atoms with E-state index >= 15 is 0 Å². The van der Waals surface area contributed by atoms with Crippen molar-refractivity contribution in [1.29, 1.82) is 0 Å². The molecular formula is C17H26ClN. The van der Waals surface area contributed by atoms with Crippen molar-refractivity contribution in [3.8, 4) is 0 Å². The Morgan fingerprint density at radius 3 is 2.42 bits per heavy atom. The van der Waals surface area contributed by atoms with Crippen molar-refractivity contribution < 1.29 is 0 Å². The highest BCUT2D eigenvalue weighted by Gasteiger charge is 2.14. The minimum atomic E-state index is 0.504. The van der Waals surface area contributed by atoms with Crippen LogP contribution in [0.3, 0.4) is 0 Å². The molecule has 1 aromatic rings. The van der Waals surface area contributed by atoms with E-state index in [4.69, 9.17) is 11.6 Å². The molecule has 0 saturated heterocycles. The largest absolute Gasteiger partial charge is 0.311 e. The first-order chi connectivity index (χ1) is 9.25. The number of hydrogen-bond acceptors (Lipinski definition) is 1. The van der Waals surface area contributed by atoms with Crippen molar-refractivity contribution >= 4 is 11.6 Å². The van der Waals surface area contributed by atoms with Crippen LogP contribution in [0.4, 0.5) is 0 Å². The third kappa shape index (κ3) is 5.16. The van der Waals surface area contributed by atoms with Crippen molar-refractivity contribution in [3.05, 3.63) is 34.9 Å². The molecule has 1 aliphatic carbocycles. The predicted molar refractivity (Wildman–Crippen MR) is 83.9 cm³/mol. The molecule has 1 saturated carbocycles. The third-order valence-electron chi connectivity index (χ3n) is 4.11. The van der Waals surface area contributed by atoms with Gasteiger partial charge in [0, 0.05) is 17.1 Å². The number of rotatable bonds is 4. The van der Waals surface area contributed by atoms with Crippen LogP contribution in [0.15, 0.2) is 24.3 Å². The molecule has 0 aliphatic heterocycles. The Labute approximate surface area is 122 Å². The highest BCUT2D eigenvalue weighted by Crippen LogP contribution is 2.20. The predicted octanol–water partition coefficient (Wildman–Crippen LogP) is 4.97. The molecule has 1 nitrogen and oxygen atoms in total. The van der Waals surface area contributed by atoms with Crippen molar-refractivity contribution in [3.63, 3.8) is 0 Å². The monoisotopic (exact) mass is 279 g/mol. The lowest BCUT2D eigenvalue weighted by atomic mass is 9.95. The zero-order valence-electron chi connectivity index (χ0n) is 12.0. The third-order valence-corrected chi connectivity index (χ3v) is 4.48. The molecule has 0 aromatic heterocycles. The first-order valence-electron chi connectivity index (χ1n) is 7.75. The van der Waals surface area contributed by atoms with Crippen molar-refractivity contribution in [2.24, 2.45) is 0 Å². The second-order valence-corrected chi connectivity index (χ2v) is 6.31. The molecule has 1 unspecified atom stereocenters. The zero-order valence-corrected chi connectivity index (χ0v) is 12.8. The van der Waals surface area contributed by atoms with Gasteiger partial charge in [0.2, 0.25) is 0 Å². The molecule has 106 valence electrons. The first kappa shape index (κ1) is 14.9. The topological polar surface area (TPSA) is 12.0 Å². The van der Waals surface area contributed by atoms with E-state index in [0.717, 1.165) is 11.4 Å². The fourth-order valence-corrected chi connectivity index (χ4v) is 3.29. The average Bonchev–Trinajstić information content (AvgIpc) is 2.35. The summed E-state index contributed by atoms with van der Waals surface area (Å²) in [5, 5.41) is 4.70. The Kier molecular flexibility index (Phi) is 6.19. The van der Waals surface area contributed by atoms with Crippen molar-refractivity contribution in [2.75, 3.05) is 0 Å². The molecule has 0 spiro atoms. The molecule has 1 atom stereocenters. The van der Waals surface area contributed by atoms with Gasteiger partial charge in [-0.05, 0) is 37.8 Å². The summed E-state index contributed by atoms with van der Waals surface area (Å²) in [6, 6.07) is 9.41. The normalized spacial score (nSPS) is 19.7. The Bertz CT molecular complexity index is 369. The highest BCUT2D eigenvalue weighted by atomic mass is 35.5. The Morgan fingerprint density at radius 1 is 1.11 bits per heavy atom. The fraction of sp³-hybridized carbons (Fsp3) is 0.647. The molecule has 1 aliphatic rings. The maximum Gasteiger partial charge on any atom is 0.0438 e. The smallest absolute Gasteiger partial charge is 0.0438 e. The minimum Gasteiger partial charge on any atom is -0.311 e. The van der Waals surface area contributed by atoms with Gasteiger partial charge in [-0.25, -0.2) is 0 Å². The summed E-state index contributed by atoms with van der Waals surface area (Å²) >= 11 is 6.23. The summed E-state index contributed by atoms with van der Waals surface area (Å²) in [4.78, 5) is 0. The fourth-order valence-electron chi connectivity index (χ4n) is 3.08. The van der Waals surface area contributed by atoms with Gasteiger partial charge >= 0.3 is 0 Å². The number of halogens is 1. The summed E-state index contributed by atoms with van der Waals surface area (Å²) in [6.07, 6.45) is 10.7. The molecule has 0 amide bonds. The van der Waals surface area contributed by atoms with Crippen LogP contribution in [0.5, 0.6) is 0 Å². The lowest BCUT2D eigenvalue weighted by molar-refractivity contribution is 0.358. The van der Waals surface area contributed by atoms with Crippen LogP contribution in [0, 0.1) is 0 Å². The van der Waals surface area contributed by atoms with Gasteiger partial charge in [0.1, 0.15) is 0 Å². The summed E-state index contributed by atoms with van der Waals surface area (Å²) < 4.78 is 0. The number of benzene rings is 1. The van der Waals surface area contributed by atoms with E-state index in [1.807, 2.05) is 12.1 Å². The Hall–Kier alpha value is -0.530. The Balaban J connectivity index is 1.82. The van der Waals surface area contributed by atoms with E-state index in [9.17, 15) is 0 Å². The van der Waals surface area contributed by atoms with E-state index in [1.165, 1.54) is 50.5 Å². The lowest BCUT2D eigenvalue weighted by Crippen LogP contribution is -2.38. The van der Waals surface area contributed by atoms with Crippen LogP contribution in [0.25, 0.3) is 0 Å². The van der Waals surface area contributed by atoms with Gasteiger partial charge in [0.25, 0.3) is 0 Å². The van der Waals surface area contributed by atoms with Crippen LogP contribution in [0.1, 0.15) is 57.4 Å². The first-order valence-corrected chi connectivity index (χ1v) is 8.13.